The Morgan fingerprint density at radius 3 is 2.33 bits per heavy atom. The zero-order valence-electron chi connectivity index (χ0n) is 20.7. The molecule has 1 aromatic heterocycles. The number of rotatable bonds is 5. The van der Waals surface area contributed by atoms with Crippen LogP contribution in [0.1, 0.15) is 47.7 Å². The number of benzene rings is 2. The van der Waals surface area contributed by atoms with Crippen molar-refractivity contribution >= 4 is 28.2 Å². The highest BCUT2D eigenvalue weighted by molar-refractivity contribution is 6.06. The molecule has 39 heavy (non-hydrogen) atoms. The molecule has 3 heterocycles. The lowest BCUT2D eigenvalue weighted by atomic mass is 9.81. The number of carbonyl (C=O) groups excluding carboxylic acids is 1. The zero-order chi connectivity index (χ0) is 28.3. The number of alkyl halides is 6. The molecule has 0 aliphatic carbocycles. The molecule has 3 N–H and O–H groups in total. The van der Waals surface area contributed by atoms with E-state index in [4.69, 9.17) is 0 Å². The molecule has 0 radical (unpaired) electrons. The molecule has 6 nitrogen and oxygen atoms in total. The molecule has 0 saturated carbocycles. The first kappa shape index (κ1) is 27.0. The highest BCUT2D eigenvalue weighted by atomic mass is 19.4. The van der Waals surface area contributed by atoms with Gasteiger partial charge in [-0.3, -0.25) is 9.59 Å². The second-order valence-electron chi connectivity index (χ2n) is 10.1. The maximum atomic E-state index is 14.1. The number of anilines is 2. The number of carbonyl (C=O) groups is 1. The summed E-state index contributed by atoms with van der Waals surface area (Å²) in [6, 6.07) is 6.34. The lowest BCUT2D eigenvalue weighted by Crippen LogP contribution is -2.32. The third kappa shape index (κ3) is 4.64. The van der Waals surface area contributed by atoms with E-state index in [1.807, 2.05) is 11.8 Å². The van der Waals surface area contributed by atoms with Crippen LogP contribution in [0.2, 0.25) is 0 Å². The average Bonchev–Trinajstić information content (AvgIpc) is 3.42. The van der Waals surface area contributed by atoms with E-state index >= 15 is 0 Å². The van der Waals surface area contributed by atoms with Crippen molar-refractivity contribution < 1.29 is 36.2 Å². The van der Waals surface area contributed by atoms with Crippen molar-refractivity contribution in [3.63, 3.8) is 0 Å². The molecular formula is C27H25F6N3O3. The molecule has 2 saturated heterocycles. The summed E-state index contributed by atoms with van der Waals surface area (Å²) in [5, 5.41) is 11.0. The molecule has 0 spiro atoms. The molecule has 2 aliphatic heterocycles. The van der Waals surface area contributed by atoms with Gasteiger partial charge in [0.2, 0.25) is 5.43 Å². The minimum absolute atomic E-state index is 0.0161. The van der Waals surface area contributed by atoms with Crippen LogP contribution in [0.3, 0.4) is 0 Å². The third-order valence-corrected chi connectivity index (χ3v) is 7.96. The summed E-state index contributed by atoms with van der Waals surface area (Å²) in [4.78, 5) is 30.2. The fourth-order valence-corrected chi connectivity index (χ4v) is 6.16. The van der Waals surface area contributed by atoms with Crippen molar-refractivity contribution in [3.8, 4) is 0 Å². The standard InChI is InChI=1S/C27H25F6N3O3/c1-2-13-8-22-14(12-37)9-21(13)36(22)15-6-7-19(18(10-15)27(31,32)33)35-25(39)16-11-34-20-5-3-4-17(26(28,29)30)23(20)24(16)38/h3-7,10-11,13-14,21-22,37H,2,8-9,12H2,1H3,(H,34,38)(H,35,39). The van der Waals surface area contributed by atoms with Gasteiger partial charge in [0.25, 0.3) is 5.91 Å². The zero-order valence-corrected chi connectivity index (χ0v) is 20.7. The number of aromatic nitrogens is 1. The number of hydrogen-bond donors (Lipinski definition) is 3. The summed E-state index contributed by atoms with van der Waals surface area (Å²) in [7, 11) is 0. The van der Waals surface area contributed by atoms with Crippen LogP contribution in [0.4, 0.5) is 37.7 Å². The number of pyridine rings is 1. The summed E-state index contributed by atoms with van der Waals surface area (Å²) in [6.07, 6.45) is -6.60. The van der Waals surface area contributed by atoms with Crippen molar-refractivity contribution in [2.75, 3.05) is 16.8 Å². The van der Waals surface area contributed by atoms with Crippen LogP contribution in [0.5, 0.6) is 0 Å². The molecule has 3 aromatic rings. The first-order valence-electron chi connectivity index (χ1n) is 12.5. The second-order valence-corrected chi connectivity index (χ2v) is 10.1. The topological polar surface area (TPSA) is 85.4 Å². The summed E-state index contributed by atoms with van der Waals surface area (Å²) in [6.45, 7) is 1.95. The Morgan fingerprint density at radius 1 is 1.03 bits per heavy atom. The molecule has 2 fully saturated rings. The summed E-state index contributed by atoms with van der Waals surface area (Å²) >= 11 is 0. The quantitative estimate of drug-likeness (QED) is 0.349. The van der Waals surface area contributed by atoms with Gasteiger partial charge in [0.05, 0.1) is 22.2 Å². The van der Waals surface area contributed by atoms with Gasteiger partial charge in [0.15, 0.2) is 0 Å². The average molecular weight is 554 g/mol. The van der Waals surface area contributed by atoms with Gasteiger partial charge >= 0.3 is 12.4 Å². The number of hydrogen-bond acceptors (Lipinski definition) is 4. The minimum Gasteiger partial charge on any atom is -0.396 e. The Labute approximate surface area is 218 Å². The highest BCUT2D eigenvalue weighted by Gasteiger charge is 2.51. The number of amides is 1. The van der Waals surface area contributed by atoms with E-state index in [0.717, 1.165) is 37.2 Å². The van der Waals surface area contributed by atoms with Gasteiger partial charge in [-0.05, 0) is 49.1 Å². The first-order valence-corrected chi connectivity index (χ1v) is 12.5. The van der Waals surface area contributed by atoms with Crippen LogP contribution >= 0.6 is 0 Å². The monoisotopic (exact) mass is 553 g/mol. The minimum atomic E-state index is -4.89. The Bertz CT molecular complexity index is 1460. The summed E-state index contributed by atoms with van der Waals surface area (Å²) < 4.78 is 82.9. The van der Waals surface area contributed by atoms with E-state index < -0.39 is 51.5 Å². The molecular weight excluding hydrogens is 528 g/mol. The van der Waals surface area contributed by atoms with Gasteiger partial charge < -0.3 is 20.3 Å². The number of H-pyrrole nitrogens is 1. The van der Waals surface area contributed by atoms with Crippen molar-refractivity contribution in [2.45, 2.75) is 50.6 Å². The Morgan fingerprint density at radius 2 is 1.69 bits per heavy atom. The number of aliphatic hydroxyl groups excluding tert-OH is 1. The van der Waals surface area contributed by atoms with E-state index in [1.165, 1.54) is 12.1 Å². The normalized spacial score (nSPS) is 23.0. The lowest BCUT2D eigenvalue weighted by Gasteiger charge is -2.28. The van der Waals surface area contributed by atoms with E-state index in [0.29, 0.717) is 18.2 Å². The van der Waals surface area contributed by atoms with Crippen molar-refractivity contribution in [3.05, 3.63) is 69.5 Å². The maximum absolute atomic E-state index is 14.1. The predicted octanol–water partition coefficient (Wildman–Crippen LogP) is 5.80. The predicted molar refractivity (Wildman–Crippen MR) is 133 cm³/mol. The van der Waals surface area contributed by atoms with Crippen LogP contribution in [-0.2, 0) is 12.4 Å². The second kappa shape index (κ2) is 9.58. The maximum Gasteiger partial charge on any atom is 0.418 e. The molecule has 2 aromatic carbocycles. The first-order chi connectivity index (χ1) is 18.3. The van der Waals surface area contributed by atoms with Crippen LogP contribution in [-0.4, -0.2) is 34.7 Å². The smallest absolute Gasteiger partial charge is 0.396 e. The molecule has 5 rings (SSSR count). The molecule has 2 bridgehead atoms. The van der Waals surface area contributed by atoms with E-state index in [-0.39, 0.29) is 36.0 Å². The molecule has 208 valence electrons. The van der Waals surface area contributed by atoms with Crippen LogP contribution < -0.4 is 15.6 Å². The Kier molecular flexibility index (Phi) is 6.64. The number of halogens is 6. The van der Waals surface area contributed by atoms with Gasteiger partial charge in [0, 0.05) is 42.0 Å². The molecule has 4 unspecified atom stereocenters. The van der Waals surface area contributed by atoms with Crippen molar-refractivity contribution in [2.24, 2.45) is 11.8 Å². The van der Waals surface area contributed by atoms with Crippen LogP contribution in [0, 0.1) is 11.8 Å². The van der Waals surface area contributed by atoms with Gasteiger partial charge in [-0.1, -0.05) is 19.4 Å². The fourth-order valence-electron chi connectivity index (χ4n) is 6.16. The number of aliphatic hydroxyl groups is 1. The molecule has 12 heteroatoms. The van der Waals surface area contributed by atoms with E-state index in [2.05, 4.69) is 10.3 Å². The molecule has 4 atom stereocenters. The summed E-state index contributed by atoms with van der Waals surface area (Å²) in [5.74, 6) is -1.04. The third-order valence-electron chi connectivity index (χ3n) is 7.96. The SMILES string of the molecule is CCC1CC2C(CO)CC1N2c1ccc(NC(=O)c2c[nH]c3cccc(C(F)(F)F)c3c2=O)c(C(F)(F)F)c1. The Hall–Kier alpha value is -3.54. The van der Waals surface area contributed by atoms with Gasteiger partial charge in [-0.15, -0.1) is 0 Å². The number of aromatic amines is 1. The van der Waals surface area contributed by atoms with Gasteiger partial charge in [-0.2, -0.15) is 26.3 Å². The van der Waals surface area contributed by atoms with Gasteiger partial charge in [-0.25, -0.2) is 0 Å². The van der Waals surface area contributed by atoms with Crippen molar-refractivity contribution in [1.29, 1.82) is 0 Å². The Balaban J connectivity index is 1.51. The largest absolute Gasteiger partial charge is 0.418 e. The number of fused-ring (bicyclic) bond motifs is 3. The molecule has 2 aliphatic rings. The highest BCUT2D eigenvalue weighted by Crippen LogP contribution is 2.49. The fraction of sp³-hybridized carbons (Fsp3) is 0.407. The van der Waals surface area contributed by atoms with Gasteiger partial charge in [0.1, 0.15) is 5.56 Å². The molecule has 1 amide bonds. The van der Waals surface area contributed by atoms with Crippen LogP contribution in [0.15, 0.2) is 47.4 Å². The number of nitrogens with one attached hydrogen (secondary N) is 2. The van der Waals surface area contributed by atoms with Crippen molar-refractivity contribution in [1.82, 2.24) is 4.98 Å². The van der Waals surface area contributed by atoms with E-state index in [1.54, 1.807) is 0 Å². The lowest BCUT2D eigenvalue weighted by molar-refractivity contribution is -0.137. The van der Waals surface area contributed by atoms with E-state index in [9.17, 15) is 41.0 Å². The number of nitrogens with zero attached hydrogens (tertiary/aromatic N) is 1. The van der Waals surface area contributed by atoms with Crippen LogP contribution in [0.25, 0.3) is 10.9 Å². The summed E-state index contributed by atoms with van der Waals surface area (Å²) in [5.41, 5.74) is -4.92.